The van der Waals surface area contributed by atoms with Crippen LogP contribution in [0.15, 0.2) is 89.4 Å². The SMILES string of the molecule is CC(C)(C)c1ccc(-c2ccc3c(c2)Nc2cc(Br)ccc2-c2ccccc2-3)cc1. The Hall–Kier alpha value is -2.84. The van der Waals surface area contributed by atoms with Crippen LogP contribution >= 0.6 is 15.9 Å². The van der Waals surface area contributed by atoms with Crippen molar-refractivity contribution in [3.05, 3.63) is 95.0 Å². The quantitative estimate of drug-likeness (QED) is 0.267. The van der Waals surface area contributed by atoms with E-state index in [-0.39, 0.29) is 5.41 Å². The Morgan fingerprint density at radius 2 is 1.17 bits per heavy atom. The molecule has 0 fully saturated rings. The Kier molecular flexibility index (Phi) is 4.56. The molecule has 0 saturated heterocycles. The summed E-state index contributed by atoms with van der Waals surface area (Å²) in [6, 6.07) is 30.8. The third-order valence-electron chi connectivity index (χ3n) is 5.86. The first-order chi connectivity index (χ1) is 14.4. The van der Waals surface area contributed by atoms with Crippen molar-refractivity contribution in [2.75, 3.05) is 5.32 Å². The lowest BCUT2D eigenvalue weighted by atomic mass is 9.86. The highest BCUT2D eigenvalue weighted by Crippen LogP contribution is 2.45. The molecule has 0 saturated carbocycles. The molecule has 0 amide bonds. The van der Waals surface area contributed by atoms with Crippen LogP contribution in [-0.2, 0) is 5.41 Å². The van der Waals surface area contributed by atoms with Gasteiger partial charge in [0.15, 0.2) is 0 Å². The summed E-state index contributed by atoms with van der Waals surface area (Å²) >= 11 is 3.63. The summed E-state index contributed by atoms with van der Waals surface area (Å²) in [6.07, 6.45) is 0. The summed E-state index contributed by atoms with van der Waals surface area (Å²) in [5.41, 5.74) is 11.2. The first kappa shape index (κ1) is 19.1. The van der Waals surface area contributed by atoms with Crippen LogP contribution in [0.4, 0.5) is 11.4 Å². The van der Waals surface area contributed by atoms with Gasteiger partial charge in [0.1, 0.15) is 0 Å². The zero-order valence-corrected chi connectivity index (χ0v) is 19.0. The molecule has 1 nitrogen and oxygen atoms in total. The van der Waals surface area contributed by atoms with Gasteiger partial charge in [0, 0.05) is 27.0 Å². The molecule has 1 N–H and O–H groups in total. The predicted octanol–water partition coefficient (Wildman–Crippen LogP) is 8.80. The average molecular weight is 454 g/mol. The number of hydrogen-bond donors (Lipinski definition) is 1. The summed E-state index contributed by atoms with van der Waals surface area (Å²) in [7, 11) is 0. The van der Waals surface area contributed by atoms with Gasteiger partial charge in [-0.15, -0.1) is 0 Å². The van der Waals surface area contributed by atoms with Crippen LogP contribution in [0, 0.1) is 0 Å². The molecular formula is C28H24BrN. The molecule has 148 valence electrons. The van der Waals surface area contributed by atoms with Gasteiger partial charge < -0.3 is 5.32 Å². The lowest BCUT2D eigenvalue weighted by Crippen LogP contribution is -2.10. The Morgan fingerprint density at radius 1 is 0.600 bits per heavy atom. The van der Waals surface area contributed by atoms with Crippen LogP contribution in [0.5, 0.6) is 0 Å². The van der Waals surface area contributed by atoms with E-state index in [2.05, 4.69) is 127 Å². The van der Waals surface area contributed by atoms with Gasteiger partial charge in [0.25, 0.3) is 0 Å². The second-order valence-electron chi connectivity index (χ2n) is 8.95. The van der Waals surface area contributed by atoms with E-state index < -0.39 is 0 Å². The zero-order valence-electron chi connectivity index (χ0n) is 17.5. The highest BCUT2D eigenvalue weighted by Gasteiger charge is 2.19. The first-order valence-electron chi connectivity index (χ1n) is 10.3. The van der Waals surface area contributed by atoms with Crippen molar-refractivity contribution in [1.82, 2.24) is 0 Å². The van der Waals surface area contributed by atoms with Crippen LogP contribution in [-0.4, -0.2) is 0 Å². The maximum absolute atomic E-state index is 3.71. The van der Waals surface area contributed by atoms with Crippen molar-refractivity contribution >= 4 is 27.3 Å². The fraction of sp³-hybridized carbons (Fsp3) is 0.143. The summed E-state index contributed by atoms with van der Waals surface area (Å²) in [5.74, 6) is 0. The molecule has 0 aliphatic carbocycles. The van der Waals surface area contributed by atoms with Crippen LogP contribution < -0.4 is 5.32 Å². The Bertz CT molecular complexity index is 1250. The highest BCUT2D eigenvalue weighted by molar-refractivity contribution is 9.10. The molecule has 1 heterocycles. The maximum atomic E-state index is 3.71. The standard InChI is InChI=1S/C28H24BrN/c1-28(2,3)20-11-8-18(9-12-20)19-10-14-24-22-6-4-5-7-23(22)25-15-13-21(29)17-27(25)30-26(24)16-19/h4-17,30H,1-3H3. The number of halogens is 1. The fourth-order valence-corrected chi connectivity index (χ4v) is 4.54. The molecule has 0 radical (unpaired) electrons. The monoisotopic (exact) mass is 453 g/mol. The summed E-state index contributed by atoms with van der Waals surface area (Å²) in [4.78, 5) is 0. The van der Waals surface area contributed by atoms with Gasteiger partial charge in [0.2, 0.25) is 0 Å². The molecular weight excluding hydrogens is 430 g/mol. The van der Waals surface area contributed by atoms with E-state index in [1.165, 1.54) is 38.9 Å². The van der Waals surface area contributed by atoms with Crippen LogP contribution in [0.2, 0.25) is 0 Å². The second-order valence-corrected chi connectivity index (χ2v) is 9.86. The van der Waals surface area contributed by atoms with E-state index in [0.29, 0.717) is 0 Å². The van der Waals surface area contributed by atoms with Crippen LogP contribution in [0.1, 0.15) is 26.3 Å². The van der Waals surface area contributed by atoms with E-state index >= 15 is 0 Å². The topological polar surface area (TPSA) is 12.0 Å². The lowest BCUT2D eigenvalue weighted by molar-refractivity contribution is 0.590. The number of rotatable bonds is 1. The number of hydrogen-bond acceptors (Lipinski definition) is 1. The Morgan fingerprint density at radius 3 is 1.80 bits per heavy atom. The van der Waals surface area contributed by atoms with E-state index in [4.69, 9.17) is 0 Å². The Labute approximate surface area is 186 Å². The normalized spacial score (nSPS) is 12.3. The number of nitrogens with one attached hydrogen (secondary N) is 1. The molecule has 5 rings (SSSR count). The van der Waals surface area contributed by atoms with Crippen molar-refractivity contribution in [2.45, 2.75) is 26.2 Å². The molecule has 0 aromatic heterocycles. The molecule has 1 aliphatic rings. The third kappa shape index (κ3) is 3.36. The van der Waals surface area contributed by atoms with Gasteiger partial charge in [0.05, 0.1) is 0 Å². The molecule has 0 unspecified atom stereocenters. The smallest absolute Gasteiger partial charge is 0.0475 e. The van der Waals surface area contributed by atoms with Crippen molar-refractivity contribution in [2.24, 2.45) is 0 Å². The largest absolute Gasteiger partial charge is 0.354 e. The summed E-state index contributed by atoms with van der Waals surface area (Å²) in [5, 5.41) is 3.71. The zero-order chi connectivity index (χ0) is 20.9. The van der Waals surface area contributed by atoms with E-state index in [1.54, 1.807) is 0 Å². The molecule has 0 spiro atoms. The number of benzene rings is 4. The van der Waals surface area contributed by atoms with Crippen LogP contribution in [0.3, 0.4) is 0 Å². The molecule has 2 heteroatoms. The molecule has 1 aliphatic heterocycles. The third-order valence-corrected chi connectivity index (χ3v) is 6.36. The van der Waals surface area contributed by atoms with E-state index in [9.17, 15) is 0 Å². The first-order valence-corrected chi connectivity index (χ1v) is 11.1. The minimum Gasteiger partial charge on any atom is -0.354 e. The van der Waals surface area contributed by atoms with E-state index in [0.717, 1.165) is 15.8 Å². The Balaban J connectivity index is 1.65. The van der Waals surface area contributed by atoms with Gasteiger partial charge in [-0.25, -0.2) is 0 Å². The van der Waals surface area contributed by atoms with Crippen molar-refractivity contribution in [3.8, 4) is 33.4 Å². The molecule has 0 atom stereocenters. The highest BCUT2D eigenvalue weighted by atomic mass is 79.9. The van der Waals surface area contributed by atoms with Crippen molar-refractivity contribution in [3.63, 3.8) is 0 Å². The van der Waals surface area contributed by atoms with Gasteiger partial charge >= 0.3 is 0 Å². The molecule has 0 bridgehead atoms. The lowest BCUT2D eigenvalue weighted by Gasteiger charge is -2.19. The second kappa shape index (κ2) is 7.14. The molecule has 30 heavy (non-hydrogen) atoms. The number of fused-ring (bicyclic) bond motifs is 5. The van der Waals surface area contributed by atoms with Crippen LogP contribution in [0.25, 0.3) is 33.4 Å². The fourth-order valence-electron chi connectivity index (χ4n) is 4.18. The van der Waals surface area contributed by atoms with Gasteiger partial charge in [-0.2, -0.15) is 0 Å². The predicted molar refractivity (Wildman–Crippen MR) is 132 cm³/mol. The summed E-state index contributed by atoms with van der Waals surface area (Å²) in [6.45, 7) is 6.75. The molecule has 4 aromatic carbocycles. The van der Waals surface area contributed by atoms with Gasteiger partial charge in [-0.05, 0) is 51.4 Å². The van der Waals surface area contributed by atoms with E-state index in [1.807, 2.05) is 0 Å². The summed E-state index contributed by atoms with van der Waals surface area (Å²) < 4.78 is 1.07. The average Bonchev–Trinajstić information content (AvgIpc) is 2.86. The van der Waals surface area contributed by atoms with Crippen molar-refractivity contribution < 1.29 is 0 Å². The number of anilines is 2. The minimum atomic E-state index is 0.161. The minimum absolute atomic E-state index is 0.161. The van der Waals surface area contributed by atoms with Gasteiger partial charge in [-0.1, -0.05) is 103 Å². The van der Waals surface area contributed by atoms with Crippen molar-refractivity contribution in [1.29, 1.82) is 0 Å². The van der Waals surface area contributed by atoms with Gasteiger partial charge in [-0.3, -0.25) is 0 Å². The molecule has 4 aromatic rings. The maximum Gasteiger partial charge on any atom is 0.0475 e.